The first-order valence-corrected chi connectivity index (χ1v) is 8.01. The fourth-order valence-electron chi connectivity index (χ4n) is 2.63. The number of thiophene rings is 1. The van der Waals surface area contributed by atoms with Gasteiger partial charge in [0.25, 0.3) is 0 Å². The lowest BCUT2D eigenvalue weighted by Gasteiger charge is -2.42. The SMILES string of the molecule is CCC(C)C1NC(=O)C(C)N(C(C)c2cccs2)C1=O. The third-order valence-electron chi connectivity index (χ3n) is 4.20. The standard InChI is InChI=1S/C15H22N2O2S/c1-5-9(2)13-15(19)17(11(4)14(18)16-13)10(3)12-7-6-8-20-12/h6-11,13H,5H2,1-4H3,(H,16,18). The Labute approximate surface area is 124 Å². The van der Waals surface area contributed by atoms with E-state index in [-0.39, 0.29) is 23.8 Å². The maximum absolute atomic E-state index is 12.7. The second kappa shape index (κ2) is 5.95. The molecule has 0 spiro atoms. The van der Waals surface area contributed by atoms with Crippen molar-refractivity contribution in [2.24, 2.45) is 5.92 Å². The molecule has 4 atom stereocenters. The summed E-state index contributed by atoms with van der Waals surface area (Å²) in [6, 6.07) is 3.11. The number of piperazine rings is 1. The van der Waals surface area contributed by atoms with Gasteiger partial charge in [-0.05, 0) is 31.2 Å². The van der Waals surface area contributed by atoms with Crippen LogP contribution < -0.4 is 5.32 Å². The maximum atomic E-state index is 12.7. The number of carbonyl (C=O) groups is 2. The predicted molar refractivity (Wildman–Crippen MR) is 80.4 cm³/mol. The van der Waals surface area contributed by atoms with Gasteiger partial charge in [0.2, 0.25) is 11.8 Å². The van der Waals surface area contributed by atoms with Gasteiger partial charge in [0.05, 0.1) is 6.04 Å². The Hall–Kier alpha value is -1.36. The van der Waals surface area contributed by atoms with E-state index < -0.39 is 12.1 Å². The highest BCUT2D eigenvalue weighted by molar-refractivity contribution is 7.10. The molecule has 1 N–H and O–H groups in total. The van der Waals surface area contributed by atoms with Crippen molar-refractivity contribution in [1.82, 2.24) is 10.2 Å². The summed E-state index contributed by atoms with van der Waals surface area (Å²) in [5.74, 6) is 0.127. The minimum atomic E-state index is -0.417. The van der Waals surface area contributed by atoms with E-state index in [2.05, 4.69) is 5.32 Å². The van der Waals surface area contributed by atoms with Crippen molar-refractivity contribution in [2.45, 2.75) is 52.2 Å². The highest BCUT2D eigenvalue weighted by atomic mass is 32.1. The van der Waals surface area contributed by atoms with E-state index in [4.69, 9.17) is 0 Å². The van der Waals surface area contributed by atoms with Gasteiger partial charge in [0.1, 0.15) is 12.1 Å². The molecule has 0 aromatic carbocycles. The summed E-state index contributed by atoms with van der Waals surface area (Å²) < 4.78 is 0. The molecule has 1 aromatic rings. The van der Waals surface area contributed by atoms with E-state index in [9.17, 15) is 9.59 Å². The zero-order chi connectivity index (χ0) is 14.9. The molecule has 5 heteroatoms. The van der Waals surface area contributed by atoms with Gasteiger partial charge < -0.3 is 10.2 Å². The summed E-state index contributed by atoms with van der Waals surface area (Å²) in [5, 5.41) is 4.87. The Balaban J connectivity index is 2.29. The number of carbonyl (C=O) groups excluding carboxylic acids is 2. The summed E-state index contributed by atoms with van der Waals surface area (Å²) in [4.78, 5) is 27.7. The molecule has 1 saturated heterocycles. The Morgan fingerprint density at radius 3 is 2.65 bits per heavy atom. The van der Waals surface area contributed by atoms with Crippen molar-refractivity contribution in [2.75, 3.05) is 0 Å². The topological polar surface area (TPSA) is 49.4 Å². The molecule has 4 nitrogen and oxygen atoms in total. The van der Waals surface area contributed by atoms with E-state index in [0.29, 0.717) is 0 Å². The summed E-state index contributed by atoms with van der Waals surface area (Å²) in [7, 11) is 0. The number of hydrogen-bond donors (Lipinski definition) is 1. The molecule has 4 unspecified atom stereocenters. The van der Waals surface area contributed by atoms with Crippen LogP contribution in [0.25, 0.3) is 0 Å². The molecule has 2 heterocycles. The van der Waals surface area contributed by atoms with E-state index in [1.54, 1.807) is 23.2 Å². The van der Waals surface area contributed by atoms with Crippen LogP contribution in [0.2, 0.25) is 0 Å². The molecule has 0 bridgehead atoms. The van der Waals surface area contributed by atoms with Gasteiger partial charge in [-0.1, -0.05) is 26.3 Å². The monoisotopic (exact) mass is 294 g/mol. The lowest BCUT2D eigenvalue weighted by atomic mass is 9.93. The summed E-state index contributed by atoms with van der Waals surface area (Å²) in [6.07, 6.45) is 0.867. The van der Waals surface area contributed by atoms with Crippen LogP contribution in [0.15, 0.2) is 17.5 Å². The molecule has 110 valence electrons. The largest absolute Gasteiger partial charge is 0.342 e. The van der Waals surface area contributed by atoms with Crippen molar-refractivity contribution in [3.63, 3.8) is 0 Å². The van der Waals surface area contributed by atoms with E-state index in [1.165, 1.54) is 0 Å². The predicted octanol–water partition coefficient (Wildman–Crippen LogP) is 2.57. The van der Waals surface area contributed by atoms with Crippen LogP contribution >= 0.6 is 11.3 Å². The zero-order valence-electron chi connectivity index (χ0n) is 12.4. The average Bonchev–Trinajstić information content (AvgIpc) is 2.96. The second-order valence-electron chi connectivity index (χ2n) is 5.48. The highest BCUT2D eigenvalue weighted by Crippen LogP contribution is 2.30. The Morgan fingerprint density at radius 2 is 2.10 bits per heavy atom. The molecule has 2 rings (SSSR count). The van der Waals surface area contributed by atoms with Gasteiger partial charge in [-0.2, -0.15) is 0 Å². The Morgan fingerprint density at radius 1 is 1.40 bits per heavy atom. The van der Waals surface area contributed by atoms with E-state index in [0.717, 1.165) is 11.3 Å². The number of nitrogens with zero attached hydrogens (tertiary/aromatic N) is 1. The number of hydrogen-bond acceptors (Lipinski definition) is 3. The van der Waals surface area contributed by atoms with Crippen LogP contribution in [-0.2, 0) is 9.59 Å². The third-order valence-corrected chi connectivity index (χ3v) is 5.24. The van der Waals surface area contributed by atoms with Gasteiger partial charge in [0, 0.05) is 4.88 Å². The third kappa shape index (κ3) is 2.59. The van der Waals surface area contributed by atoms with Crippen LogP contribution in [0.3, 0.4) is 0 Å². The first-order valence-electron chi connectivity index (χ1n) is 7.13. The highest BCUT2D eigenvalue weighted by Gasteiger charge is 2.42. The first kappa shape index (κ1) is 15.0. The van der Waals surface area contributed by atoms with Gasteiger partial charge in [0.15, 0.2) is 0 Å². The van der Waals surface area contributed by atoms with Gasteiger partial charge in [-0.25, -0.2) is 0 Å². The van der Waals surface area contributed by atoms with Gasteiger partial charge >= 0.3 is 0 Å². The molecule has 0 aliphatic carbocycles. The number of nitrogens with one attached hydrogen (secondary N) is 1. The number of rotatable bonds is 4. The normalized spacial score (nSPS) is 26.3. The lowest BCUT2D eigenvalue weighted by Crippen LogP contribution is -2.64. The molecular formula is C15H22N2O2S. The quantitative estimate of drug-likeness (QED) is 0.928. The van der Waals surface area contributed by atoms with Crippen LogP contribution in [0, 0.1) is 5.92 Å². The van der Waals surface area contributed by atoms with E-state index >= 15 is 0 Å². The summed E-state index contributed by atoms with van der Waals surface area (Å²) >= 11 is 1.62. The molecule has 1 aliphatic heterocycles. The fourth-order valence-corrected chi connectivity index (χ4v) is 3.41. The zero-order valence-corrected chi connectivity index (χ0v) is 13.2. The smallest absolute Gasteiger partial charge is 0.246 e. The molecule has 0 saturated carbocycles. The van der Waals surface area contributed by atoms with Crippen molar-refractivity contribution in [3.8, 4) is 0 Å². The van der Waals surface area contributed by atoms with Gasteiger partial charge in [-0.15, -0.1) is 11.3 Å². The Kier molecular flexibility index (Phi) is 4.48. The molecule has 1 fully saturated rings. The molecular weight excluding hydrogens is 272 g/mol. The van der Waals surface area contributed by atoms with Crippen LogP contribution in [0.4, 0.5) is 0 Å². The van der Waals surface area contributed by atoms with Crippen LogP contribution in [0.1, 0.15) is 45.0 Å². The van der Waals surface area contributed by atoms with Gasteiger partial charge in [-0.3, -0.25) is 9.59 Å². The molecule has 2 amide bonds. The van der Waals surface area contributed by atoms with Crippen LogP contribution in [0.5, 0.6) is 0 Å². The molecule has 20 heavy (non-hydrogen) atoms. The average molecular weight is 294 g/mol. The van der Waals surface area contributed by atoms with Crippen molar-refractivity contribution < 1.29 is 9.59 Å². The number of amides is 2. The summed E-state index contributed by atoms with van der Waals surface area (Å²) in [5.41, 5.74) is 0. The molecule has 1 aliphatic rings. The fraction of sp³-hybridized carbons (Fsp3) is 0.600. The Bertz CT molecular complexity index is 486. The van der Waals surface area contributed by atoms with Crippen LogP contribution in [-0.4, -0.2) is 28.8 Å². The first-order chi connectivity index (χ1) is 9.47. The summed E-state index contributed by atoms with van der Waals surface area (Å²) in [6.45, 7) is 7.83. The molecule has 1 aromatic heterocycles. The molecule has 0 radical (unpaired) electrons. The minimum absolute atomic E-state index is 0.0346. The van der Waals surface area contributed by atoms with Crippen molar-refractivity contribution in [1.29, 1.82) is 0 Å². The van der Waals surface area contributed by atoms with E-state index in [1.807, 2.05) is 38.3 Å². The minimum Gasteiger partial charge on any atom is -0.342 e. The van der Waals surface area contributed by atoms with Crippen molar-refractivity contribution in [3.05, 3.63) is 22.4 Å². The second-order valence-corrected chi connectivity index (χ2v) is 6.46. The maximum Gasteiger partial charge on any atom is 0.246 e. The lowest BCUT2D eigenvalue weighted by molar-refractivity contribution is -0.152. The van der Waals surface area contributed by atoms with Crippen molar-refractivity contribution >= 4 is 23.2 Å².